The van der Waals surface area contributed by atoms with Gasteiger partial charge in [0.05, 0.1) is 16.9 Å². The van der Waals surface area contributed by atoms with E-state index in [2.05, 4.69) is 10.4 Å². The summed E-state index contributed by atoms with van der Waals surface area (Å²) in [6.07, 6.45) is 4.22. The molecule has 0 spiro atoms. The van der Waals surface area contributed by atoms with E-state index in [-0.39, 0.29) is 5.91 Å². The zero-order valence-electron chi connectivity index (χ0n) is 13.0. The van der Waals surface area contributed by atoms with E-state index in [4.69, 9.17) is 0 Å². The van der Waals surface area contributed by atoms with Gasteiger partial charge in [0.15, 0.2) is 0 Å². The lowest BCUT2D eigenvalue weighted by Crippen LogP contribution is -2.52. The molecule has 0 aliphatic heterocycles. The summed E-state index contributed by atoms with van der Waals surface area (Å²) in [6, 6.07) is 9.48. The van der Waals surface area contributed by atoms with Crippen LogP contribution in [0.15, 0.2) is 36.5 Å². The summed E-state index contributed by atoms with van der Waals surface area (Å²) >= 11 is 0. The smallest absolute Gasteiger partial charge is 0.329 e. The van der Waals surface area contributed by atoms with Crippen LogP contribution < -0.4 is 5.32 Å². The van der Waals surface area contributed by atoms with E-state index >= 15 is 0 Å². The third-order valence-corrected chi connectivity index (χ3v) is 4.38. The maximum atomic E-state index is 12.5. The molecule has 1 heterocycles. The monoisotopic (exact) mass is 313 g/mol. The molecule has 1 aliphatic carbocycles. The average Bonchev–Trinajstić information content (AvgIpc) is 3.16. The Hall–Kier alpha value is -2.63. The number of carbonyl (C=O) groups is 2. The Balaban J connectivity index is 1.86. The summed E-state index contributed by atoms with van der Waals surface area (Å²) in [5.41, 5.74) is 0.688. The fraction of sp³-hybridized carbons (Fsp3) is 0.353. The van der Waals surface area contributed by atoms with E-state index in [0.29, 0.717) is 24.1 Å². The van der Waals surface area contributed by atoms with Crippen LogP contribution in [0.2, 0.25) is 0 Å². The maximum Gasteiger partial charge on any atom is 0.329 e. The molecule has 1 fully saturated rings. The molecule has 6 heteroatoms. The number of nitrogens with one attached hydrogen (secondary N) is 1. The molecule has 23 heavy (non-hydrogen) atoms. The Labute approximate surface area is 134 Å². The van der Waals surface area contributed by atoms with Gasteiger partial charge in [0.1, 0.15) is 5.54 Å². The summed E-state index contributed by atoms with van der Waals surface area (Å²) in [6.45, 7) is 1.75. The summed E-state index contributed by atoms with van der Waals surface area (Å²) in [7, 11) is 0. The summed E-state index contributed by atoms with van der Waals surface area (Å²) in [5, 5.41) is 16.6. The second kappa shape index (κ2) is 5.87. The fourth-order valence-electron chi connectivity index (χ4n) is 3.05. The van der Waals surface area contributed by atoms with Gasteiger partial charge in [-0.2, -0.15) is 5.10 Å². The first-order valence-corrected chi connectivity index (χ1v) is 7.69. The van der Waals surface area contributed by atoms with E-state index < -0.39 is 11.5 Å². The Morgan fingerprint density at radius 2 is 1.87 bits per heavy atom. The number of rotatable bonds is 4. The second-order valence-electron chi connectivity index (χ2n) is 5.96. The number of hydrogen-bond donors (Lipinski definition) is 2. The highest BCUT2D eigenvalue weighted by molar-refractivity contribution is 5.98. The zero-order valence-corrected chi connectivity index (χ0v) is 13.0. The largest absolute Gasteiger partial charge is 0.480 e. The van der Waals surface area contributed by atoms with E-state index in [1.165, 1.54) is 0 Å². The normalized spacial score (nSPS) is 16.2. The molecular formula is C17H19N3O3. The van der Waals surface area contributed by atoms with Crippen molar-refractivity contribution < 1.29 is 14.7 Å². The summed E-state index contributed by atoms with van der Waals surface area (Å²) in [5.74, 6) is -1.34. The maximum absolute atomic E-state index is 12.5. The van der Waals surface area contributed by atoms with Crippen LogP contribution in [-0.2, 0) is 4.79 Å². The van der Waals surface area contributed by atoms with Gasteiger partial charge < -0.3 is 10.4 Å². The minimum Gasteiger partial charge on any atom is -0.480 e. The van der Waals surface area contributed by atoms with Gasteiger partial charge in [0.25, 0.3) is 5.91 Å². The number of aliphatic carboxylic acids is 1. The molecule has 6 nitrogen and oxygen atoms in total. The number of amides is 1. The molecule has 0 radical (unpaired) electrons. The lowest BCUT2D eigenvalue weighted by molar-refractivity contribution is -0.144. The summed E-state index contributed by atoms with van der Waals surface area (Å²) < 4.78 is 1.63. The highest BCUT2D eigenvalue weighted by Crippen LogP contribution is 2.30. The number of para-hydroxylation sites is 1. The van der Waals surface area contributed by atoms with Gasteiger partial charge >= 0.3 is 5.97 Å². The topological polar surface area (TPSA) is 84.2 Å². The third-order valence-electron chi connectivity index (χ3n) is 4.38. The molecule has 120 valence electrons. The zero-order chi connectivity index (χ0) is 16.4. The predicted molar refractivity (Wildman–Crippen MR) is 84.6 cm³/mol. The van der Waals surface area contributed by atoms with Crippen LogP contribution >= 0.6 is 0 Å². The van der Waals surface area contributed by atoms with Crippen LogP contribution in [0.3, 0.4) is 0 Å². The van der Waals surface area contributed by atoms with Crippen molar-refractivity contribution in [1.82, 2.24) is 15.1 Å². The van der Waals surface area contributed by atoms with Crippen LogP contribution in [0.5, 0.6) is 0 Å². The average molecular weight is 313 g/mol. The number of hydrogen-bond acceptors (Lipinski definition) is 3. The fourth-order valence-corrected chi connectivity index (χ4v) is 3.05. The first-order valence-electron chi connectivity index (χ1n) is 7.69. The second-order valence-corrected chi connectivity index (χ2v) is 5.96. The SMILES string of the molecule is Cc1nn(-c2ccccc2)cc1C(=O)NC1(C(=O)O)CCCC1. The molecular weight excluding hydrogens is 294 g/mol. The number of aromatic nitrogens is 2. The molecule has 1 aromatic heterocycles. The van der Waals surface area contributed by atoms with Gasteiger partial charge in [0.2, 0.25) is 0 Å². The lowest BCUT2D eigenvalue weighted by atomic mass is 9.97. The standard InChI is InChI=1S/C17H19N3O3/c1-12-14(11-20(19-12)13-7-3-2-4-8-13)15(21)18-17(16(22)23)9-5-6-10-17/h2-4,7-8,11H,5-6,9-10H2,1H3,(H,18,21)(H,22,23). The third kappa shape index (κ3) is 2.84. The number of carboxylic acids is 1. The van der Waals surface area contributed by atoms with Crippen molar-refractivity contribution >= 4 is 11.9 Å². The molecule has 1 amide bonds. The quantitative estimate of drug-likeness (QED) is 0.907. The Morgan fingerprint density at radius 1 is 1.22 bits per heavy atom. The first kappa shape index (κ1) is 15.3. The van der Waals surface area contributed by atoms with Crippen molar-refractivity contribution in [3.63, 3.8) is 0 Å². The van der Waals surface area contributed by atoms with Gasteiger partial charge in [0, 0.05) is 6.20 Å². The Kier molecular flexibility index (Phi) is 3.90. The van der Waals surface area contributed by atoms with E-state index in [1.54, 1.807) is 17.8 Å². The van der Waals surface area contributed by atoms with Gasteiger partial charge in [-0.05, 0) is 31.9 Å². The molecule has 2 aromatic rings. The van der Waals surface area contributed by atoms with Crippen LogP contribution in [0, 0.1) is 6.92 Å². The number of benzene rings is 1. The molecule has 1 aromatic carbocycles. The van der Waals surface area contributed by atoms with Crippen LogP contribution in [0.25, 0.3) is 5.69 Å². The minimum absolute atomic E-state index is 0.381. The van der Waals surface area contributed by atoms with Crippen molar-refractivity contribution in [1.29, 1.82) is 0 Å². The highest BCUT2D eigenvalue weighted by atomic mass is 16.4. The van der Waals surface area contributed by atoms with Gasteiger partial charge in [-0.1, -0.05) is 31.0 Å². The van der Waals surface area contributed by atoms with Gasteiger partial charge in [-0.25, -0.2) is 9.48 Å². The molecule has 3 rings (SSSR count). The predicted octanol–water partition coefficient (Wildman–Crippen LogP) is 2.31. The van der Waals surface area contributed by atoms with Crippen LogP contribution in [0.1, 0.15) is 41.7 Å². The van der Waals surface area contributed by atoms with Crippen molar-refractivity contribution in [2.45, 2.75) is 38.1 Å². The molecule has 1 aliphatic rings. The van der Waals surface area contributed by atoms with Gasteiger partial charge in [-0.3, -0.25) is 4.79 Å². The molecule has 0 saturated heterocycles. The van der Waals surface area contributed by atoms with E-state index in [9.17, 15) is 14.7 Å². The molecule has 0 bridgehead atoms. The minimum atomic E-state index is -1.14. The number of carbonyl (C=O) groups excluding carboxylic acids is 1. The van der Waals surface area contributed by atoms with E-state index in [0.717, 1.165) is 18.5 Å². The van der Waals surface area contributed by atoms with Crippen molar-refractivity contribution in [2.75, 3.05) is 0 Å². The molecule has 0 unspecified atom stereocenters. The summed E-state index contributed by atoms with van der Waals surface area (Å²) in [4.78, 5) is 24.1. The number of aryl methyl sites for hydroxylation is 1. The van der Waals surface area contributed by atoms with Crippen molar-refractivity contribution in [2.24, 2.45) is 0 Å². The molecule has 2 N–H and O–H groups in total. The Bertz CT molecular complexity index is 731. The number of nitrogens with zero attached hydrogens (tertiary/aromatic N) is 2. The number of carboxylic acid groups (broad SMARTS) is 1. The van der Waals surface area contributed by atoms with Crippen molar-refractivity contribution in [3.8, 4) is 5.69 Å². The lowest BCUT2D eigenvalue weighted by Gasteiger charge is -2.25. The van der Waals surface area contributed by atoms with Gasteiger partial charge in [-0.15, -0.1) is 0 Å². The Morgan fingerprint density at radius 3 is 2.48 bits per heavy atom. The molecule has 0 atom stereocenters. The highest BCUT2D eigenvalue weighted by Gasteiger charge is 2.43. The van der Waals surface area contributed by atoms with E-state index in [1.807, 2.05) is 30.3 Å². The van der Waals surface area contributed by atoms with Crippen LogP contribution in [0.4, 0.5) is 0 Å². The van der Waals surface area contributed by atoms with Crippen LogP contribution in [-0.4, -0.2) is 32.3 Å². The van der Waals surface area contributed by atoms with Crippen molar-refractivity contribution in [3.05, 3.63) is 47.8 Å². The molecule has 1 saturated carbocycles. The first-order chi connectivity index (χ1) is 11.0.